The summed E-state index contributed by atoms with van der Waals surface area (Å²) in [6, 6.07) is 17.2. The zero-order valence-electron chi connectivity index (χ0n) is 8.60. The van der Waals surface area contributed by atoms with Crippen molar-refractivity contribution in [1.82, 2.24) is 0 Å². The van der Waals surface area contributed by atoms with Crippen molar-refractivity contribution < 1.29 is 4.79 Å². The molecule has 0 bridgehead atoms. The molecular weight excluding hydrogens is 195 g/mol. The second-order valence-corrected chi connectivity index (χ2v) is 4.72. The first-order valence-corrected chi connectivity index (χ1v) is 5.94. The van der Waals surface area contributed by atoms with Gasteiger partial charge in [-0.15, -0.1) is 0 Å². The van der Waals surface area contributed by atoms with Crippen molar-refractivity contribution >= 4 is 36.5 Å². The van der Waals surface area contributed by atoms with E-state index >= 15 is 0 Å². The Morgan fingerprint density at radius 2 is 1.33 bits per heavy atom. The molecule has 0 saturated carbocycles. The van der Waals surface area contributed by atoms with Crippen LogP contribution in [0.15, 0.2) is 54.6 Å². The van der Waals surface area contributed by atoms with Crippen LogP contribution in [0.25, 0.3) is 0 Å². The Labute approximate surface area is 107 Å². The van der Waals surface area contributed by atoms with Crippen LogP contribution < -0.4 is 2.81 Å². The minimum absolute atomic E-state index is 0.0947. The van der Waals surface area contributed by atoms with Gasteiger partial charge in [0.05, 0.1) is 0 Å². The Morgan fingerprint density at radius 3 is 1.93 bits per heavy atom. The van der Waals surface area contributed by atoms with Gasteiger partial charge in [-0.1, -0.05) is 0 Å². The van der Waals surface area contributed by atoms with Gasteiger partial charge in [0, 0.05) is 0 Å². The van der Waals surface area contributed by atoms with Gasteiger partial charge in [0.25, 0.3) is 0 Å². The third kappa shape index (κ3) is 2.57. The predicted molar refractivity (Wildman–Crippen MR) is 61.7 cm³/mol. The van der Waals surface area contributed by atoms with Crippen LogP contribution in [0.4, 0.5) is 0 Å². The summed E-state index contributed by atoms with van der Waals surface area (Å²) < 4.78 is 1.31. The van der Waals surface area contributed by atoms with Crippen LogP contribution in [-0.4, -0.2) is 33.7 Å². The molecule has 0 atom stereocenters. The van der Waals surface area contributed by atoms with E-state index in [1.807, 2.05) is 54.6 Å². The van der Waals surface area contributed by atoms with Crippen molar-refractivity contribution in [3.05, 3.63) is 65.7 Å². The summed E-state index contributed by atoms with van der Waals surface area (Å²) in [6.07, 6.45) is 0. The second kappa shape index (κ2) is 4.75. The van der Waals surface area contributed by atoms with E-state index in [0.29, 0.717) is 0 Å². The van der Waals surface area contributed by atoms with E-state index in [9.17, 15) is 4.79 Å². The Bertz CT molecular complexity index is 460. The van der Waals surface area contributed by atoms with Gasteiger partial charge in [0.15, 0.2) is 0 Å². The fourth-order valence-electron chi connectivity index (χ4n) is 1.46. The molecule has 0 amide bonds. The summed E-state index contributed by atoms with van der Waals surface area (Å²) in [5.74, 6) is 0.0947. The fourth-order valence-corrected chi connectivity index (χ4v) is 1.79. The molecule has 68 valence electrons. The third-order valence-corrected chi connectivity index (χ3v) is 3.02. The van der Waals surface area contributed by atoms with Gasteiger partial charge in [-0.2, -0.15) is 0 Å². The van der Waals surface area contributed by atoms with E-state index in [1.165, 1.54) is 2.81 Å². The molecule has 2 rings (SSSR count). The van der Waals surface area contributed by atoms with E-state index in [1.54, 1.807) is 0 Å². The summed E-state index contributed by atoms with van der Waals surface area (Å²) >= 11 is 1.03. The molecule has 0 unspecified atom stereocenters. The monoisotopic (exact) mass is 204 g/mol. The van der Waals surface area contributed by atoms with Crippen LogP contribution in [0, 0.1) is 0 Å². The van der Waals surface area contributed by atoms with Crippen LogP contribution >= 0.6 is 0 Å². The van der Waals surface area contributed by atoms with Crippen molar-refractivity contribution in [1.29, 1.82) is 0 Å². The van der Waals surface area contributed by atoms with Gasteiger partial charge in [-0.25, -0.2) is 0 Å². The minimum atomic E-state index is 0.0947. The maximum atomic E-state index is 12.0. The fraction of sp³-hybridized carbons (Fsp3) is 0. The summed E-state index contributed by atoms with van der Waals surface area (Å²) in [6.45, 7) is 0. The predicted octanol–water partition coefficient (Wildman–Crippen LogP) is 1.71. The molecule has 0 radical (unpaired) electrons. The molecule has 0 saturated heterocycles. The number of benzene rings is 2. The molecule has 15 heavy (non-hydrogen) atoms. The molecule has 0 aromatic heterocycles. The van der Waals surface area contributed by atoms with Gasteiger partial charge >= 0.3 is 107 Å². The van der Waals surface area contributed by atoms with Crippen molar-refractivity contribution in [3.8, 4) is 0 Å². The van der Waals surface area contributed by atoms with Gasteiger partial charge < -0.3 is 0 Å². The van der Waals surface area contributed by atoms with Crippen LogP contribution in [0.5, 0.6) is 0 Å². The standard InChI is InChI=1S/C13H9O.Na/c14-13(11-7-3-1-4-8-11)12-9-5-2-6-10-12;/h1,3-10H;. The Balaban J connectivity index is 2.33. The molecule has 2 heteroatoms. The average molecular weight is 204 g/mol. The van der Waals surface area contributed by atoms with E-state index in [2.05, 4.69) is 0 Å². The second-order valence-electron chi connectivity index (χ2n) is 3.56. The van der Waals surface area contributed by atoms with Crippen molar-refractivity contribution in [2.24, 2.45) is 0 Å². The summed E-state index contributed by atoms with van der Waals surface area (Å²) in [4.78, 5) is 12.0. The molecule has 2 aromatic rings. The molecule has 2 aromatic carbocycles. The van der Waals surface area contributed by atoms with Crippen molar-refractivity contribution in [2.75, 3.05) is 0 Å². The first-order valence-electron chi connectivity index (χ1n) is 4.94. The molecule has 0 aliphatic heterocycles. The van der Waals surface area contributed by atoms with E-state index in [0.717, 1.165) is 39.1 Å². The Morgan fingerprint density at radius 1 is 0.800 bits per heavy atom. The summed E-state index contributed by atoms with van der Waals surface area (Å²) in [5.41, 5.74) is 1.51. The molecule has 0 aliphatic carbocycles. The first kappa shape index (κ1) is 10.6. The number of ketones is 1. The zero-order valence-corrected chi connectivity index (χ0v) is 10.6. The Kier molecular flexibility index (Phi) is 3.37. The van der Waals surface area contributed by atoms with Crippen molar-refractivity contribution in [2.45, 2.75) is 0 Å². The maximum absolute atomic E-state index is 12.0. The van der Waals surface area contributed by atoms with E-state index in [-0.39, 0.29) is 5.78 Å². The molecule has 1 nitrogen and oxygen atoms in total. The number of rotatable bonds is 2. The molecule has 0 aliphatic rings. The zero-order chi connectivity index (χ0) is 10.7. The normalized spacial score (nSPS) is 10.0. The number of hydrogen-bond acceptors (Lipinski definition) is 1. The van der Waals surface area contributed by atoms with E-state index < -0.39 is 0 Å². The summed E-state index contributed by atoms with van der Waals surface area (Å²) in [7, 11) is 0. The van der Waals surface area contributed by atoms with Crippen LogP contribution in [-0.2, 0) is 0 Å². The number of hydrogen-bond donors (Lipinski definition) is 0. The van der Waals surface area contributed by atoms with Gasteiger partial charge in [-0.3, -0.25) is 0 Å². The van der Waals surface area contributed by atoms with Crippen LogP contribution in [0.3, 0.4) is 0 Å². The van der Waals surface area contributed by atoms with Crippen LogP contribution in [0.2, 0.25) is 0 Å². The topological polar surface area (TPSA) is 17.1 Å². The SMILES string of the molecule is O=C(c1ccccc1)c1cc[c]([Na])cc1. The molecular formula is C13H9NaO. The first-order chi connectivity index (χ1) is 7.27. The molecule has 0 heterocycles. The number of carbonyl (C=O) groups excluding carboxylic acids is 1. The van der Waals surface area contributed by atoms with Gasteiger partial charge in [-0.05, 0) is 0 Å². The van der Waals surface area contributed by atoms with Gasteiger partial charge in [0.2, 0.25) is 0 Å². The summed E-state index contributed by atoms with van der Waals surface area (Å²) in [5, 5.41) is 0. The third-order valence-electron chi connectivity index (χ3n) is 2.35. The number of carbonyl (C=O) groups is 1. The van der Waals surface area contributed by atoms with Gasteiger partial charge in [0.1, 0.15) is 0 Å². The molecule has 0 N–H and O–H groups in total. The molecule has 0 spiro atoms. The molecule has 0 fully saturated rings. The van der Waals surface area contributed by atoms with E-state index in [4.69, 9.17) is 0 Å². The Hall–Kier alpha value is -0.890. The average Bonchev–Trinajstić information content (AvgIpc) is 2.30. The quantitative estimate of drug-likeness (QED) is 0.537. The van der Waals surface area contributed by atoms with Crippen molar-refractivity contribution in [3.63, 3.8) is 0 Å². The van der Waals surface area contributed by atoms with Crippen LogP contribution in [0.1, 0.15) is 15.9 Å².